The first-order valence-electron chi connectivity index (χ1n) is 7.33. The summed E-state index contributed by atoms with van der Waals surface area (Å²) >= 11 is 0. The molecule has 0 saturated heterocycles. The summed E-state index contributed by atoms with van der Waals surface area (Å²) in [4.78, 5) is 0. The average molecular weight is 260 g/mol. The molecule has 0 aromatic carbocycles. The van der Waals surface area contributed by atoms with Crippen molar-refractivity contribution in [2.75, 3.05) is 0 Å². The van der Waals surface area contributed by atoms with Crippen LogP contribution < -0.4 is 11.5 Å². The summed E-state index contributed by atoms with van der Waals surface area (Å²) in [7, 11) is 0. The van der Waals surface area contributed by atoms with E-state index in [0.717, 1.165) is 30.5 Å². The van der Waals surface area contributed by atoms with Gasteiger partial charge in [0.25, 0.3) is 0 Å². The van der Waals surface area contributed by atoms with Crippen LogP contribution in [0.25, 0.3) is 0 Å². The highest BCUT2D eigenvalue weighted by molar-refractivity contribution is 5.46. The van der Waals surface area contributed by atoms with Gasteiger partial charge in [0.2, 0.25) is 0 Å². The van der Waals surface area contributed by atoms with Gasteiger partial charge in [0.05, 0.1) is 11.4 Å². The Hall–Kier alpha value is -1.44. The highest BCUT2D eigenvalue weighted by Gasteiger charge is 2.11. The van der Waals surface area contributed by atoms with E-state index in [1.54, 1.807) is 0 Å². The van der Waals surface area contributed by atoms with E-state index in [0.29, 0.717) is 11.6 Å². The number of hydrogen-bond acceptors (Lipinski definition) is 2. The van der Waals surface area contributed by atoms with Gasteiger partial charge in [-0.1, -0.05) is 51.8 Å². The maximum atomic E-state index is 6.01. The molecular formula is C17H28N2. The van der Waals surface area contributed by atoms with Crippen molar-refractivity contribution in [3.8, 4) is 0 Å². The van der Waals surface area contributed by atoms with E-state index in [-0.39, 0.29) is 0 Å². The molecule has 0 bridgehead atoms. The molecular weight excluding hydrogens is 232 g/mol. The van der Waals surface area contributed by atoms with Gasteiger partial charge in [-0.25, -0.2) is 0 Å². The van der Waals surface area contributed by atoms with Gasteiger partial charge in [-0.05, 0) is 42.4 Å². The van der Waals surface area contributed by atoms with Gasteiger partial charge in [-0.15, -0.1) is 0 Å². The molecule has 0 aromatic rings. The first-order valence-corrected chi connectivity index (χ1v) is 7.33. The van der Waals surface area contributed by atoms with Gasteiger partial charge >= 0.3 is 0 Å². The van der Waals surface area contributed by atoms with Crippen molar-refractivity contribution in [1.82, 2.24) is 0 Å². The molecule has 0 aromatic heterocycles. The number of hydrogen-bond donors (Lipinski definition) is 2. The minimum absolute atomic E-state index is 0.619. The van der Waals surface area contributed by atoms with Crippen molar-refractivity contribution in [3.63, 3.8) is 0 Å². The molecule has 0 heterocycles. The largest absolute Gasteiger partial charge is 0.397 e. The lowest BCUT2D eigenvalue weighted by atomic mass is 9.93. The Balaban J connectivity index is 3.11. The standard InChI is InChI=1S/C17H28N2/c1-5-7-14(10-12(3)6-2)15-8-9-16(18)17(19)13(4)11-15/h9-12H,5-8,18-19H2,1-4H3/b14-10+. The molecule has 1 aliphatic carbocycles. The quantitative estimate of drug-likeness (QED) is 0.779. The third-order valence-electron chi connectivity index (χ3n) is 3.73. The molecule has 2 heteroatoms. The third-order valence-corrected chi connectivity index (χ3v) is 3.73. The van der Waals surface area contributed by atoms with Crippen LogP contribution >= 0.6 is 0 Å². The van der Waals surface area contributed by atoms with Crippen molar-refractivity contribution in [2.24, 2.45) is 17.4 Å². The minimum atomic E-state index is 0.619. The average Bonchev–Trinajstić information content (AvgIpc) is 2.52. The van der Waals surface area contributed by atoms with Crippen LogP contribution in [0.1, 0.15) is 53.4 Å². The summed E-state index contributed by atoms with van der Waals surface area (Å²) in [5.74, 6) is 0.619. The SMILES string of the molecule is CCC/C(=C\C(C)CC)C1=CC(C)=C(N)C(N)=CC1. The molecule has 0 fully saturated rings. The molecule has 1 rings (SSSR count). The molecule has 0 spiro atoms. The number of nitrogens with two attached hydrogens (primary N) is 2. The summed E-state index contributed by atoms with van der Waals surface area (Å²) in [6.07, 6.45) is 11.0. The Bertz CT molecular complexity index is 436. The van der Waals surface area contributed by atoms with Crippen molar-refractivity contribution in [1.29, 1.82) is 0 Å². The second kappa shape index (κ2) is 7.22. The van der Waals surface area contributed by atoms with Crippen LogP contribution in [0.3, 0.4) is 0 Å². The van der Waals surface area contributed by atoms with E-state index in [2.05, 4.69) is 32.9 Å². The Kier molecular flexibility index (Phi) is 5.94. The van der Waals surface area contributed by atoms with Gasteiger partial charge in [0.1, 0.15) is 0 Å². The normalized spacial score (nSPS) is 18.8. The summed E-state index contributed by atoms with van der Waals surface area (Å²) in [5, 5.41) is 0. The van der Waals surface area contributed by atoms with Crippen LogP contribution in [0.5, 0.6) is 0 Å². The van der Waals surface area contributed by atoms with E-state index in [9.17, 15) is 0 Å². The fraction of sp³-hybridized carbons (Fsp3) is 0.529. The van der Waals surface area contributed by atoms with Crippen LogP contribution in [0.4, 0.5) is 0 Å². The monoisotopic (exact) mass is 260 g/mol. The lowest BCUT2D eigenvalue weighted by molar-refractivity contribution is 0.687. The number of allylic oxidation sites excluding steroid dienone is 6. The van der Waals surface area contributed by atoms with Gasteiger partial charge < -0.3 is 11.5 Å². The van der Waals surface area contributed by atoms with E-state index in [1.165, 1.54) is 17.6 Å². The van der Waals surface area contributed by atoms with Crippen molar-refractivity contribution >= 4 is 0 Å². The van der Waals surface area contributed by atoms with Crippen LogP contribution in [0.15, 0.2) is 46.3 Å². The highest BCUT2D eigenvalue weighted by Crippen LogP contribution is 2.27. The lowest BCUT2D eigenvalue weighted by Gasteiger charge is -2.13. The van der Waals surface area contributed by atoms with Crippen LogP contribution in [-0.2, 0) is 0 Å². The smallest absolute Gasteiger partial charge is 0.0574 e. The maximum Gasteiger partial charge on any atom is 0.0574 e. The van der Waals surface area contributed by atoms with Gasteiger partial charge in [0.15, 0.2) is 0 Å². The van der Waals surface area contributed by atoms with Gasteiger partial charge in [-0.2, -0.15) is 0 Å². The molecule has 19 heavy (non-hydrogen) atoms. The summed E-state index contributed by atoms with van der Waals surface area (Å²) in [6, 6.07) is 0. The van der Waals surface area contributed by atoms with Crippen LogP contribution in [0, 0.1) is 5.92 Å². The lowest BCUT2D eigenvalue weighted by Crippen LogP contribution is -2.10. The second-order valence-electron chi connectivity index (χ2n) is 5.46. The Morgan fingerprint density at radius 2 is 2.05 bits per heavy atom. The van der Waals surface area contributed by atoms with E-state index >= 15 is 0 Å². The molecule has 1 unspecified atom stereocenters. The van der Waals surface area contributed by atoms with Gasteiger partial charge in [-0.3, -0.25) is 0 Å². The summed E-state index contributed by atoms with van der Waals surface area (Å²) in [5.41, 5.74) is 17.3. The predicted molar refractivity (Wildman–Crippen MR) is 84.3 cm³/mol. The molecule has 4 N–H and O–H groups in total. The fourth-order valence-corrected chi connectivity index (χ4v) is 2.26. The van der Waals surface area contributed by atoms with E-state index < -0.39 is 0 Å². The first-order chi connectivity index (χ1) is 8.99. The third kappa shape index (κ3) is 4.30. The zero-order valence-corrected chi connectivity index (χ0v) is 12.8. The Labute approximate surface area is 117 Å². The molecule has 2 nitrogen and oxygen atoms in total. The summed E-state index contributed by atoms with van der Waals surface area (Å²) in [6.45, 7) is 8.76. The zero-order chi connectivity index (χ0) is 14.4. The molecule has 0 amide bonds. The second-order valence-corrected chi connectivity index (χ2v) is 5.46. The minimum Gasteiger partial charge on any atom is -0.397 e. The zero-order valence-electron chi connectivity index (χ0n) is 12.8. The molecule has 0 saturated carbocycles. The van der Waals surface area contributed by atoms with Gasteiger partial charge in [0, 0.05) is 0 Å². The van der Waals surface area contributed by atoms with Crippen LogP contribution in [0.2, 0.25) is 0 Å². The topological polar surface area (TPSA) is 52.0 Å². The highest BCUT2D eigenvalue weighted by atomic mass is 14.7. The number of rotatable bonds is 5. The van der Waals surface area contributed by atoms with Crippen molar-refractivity contribution in [3.05, 3.63) is 46.3 Å². The molecule has 1 atom stereocenters. The van der Waals surface area contributed by atoms with E-state index in [4.69, 9.17) is 11.5 Å². The molecule has 0 radical (unpaired) electrons. The predicted octanol–water partition coefficient (Wildman–Crippen LogP) is 4.16. The summed E-state index contributed by atoms with van der Waals surface area (Å²) < 4.78 is 0. The van der Waals surface area contributed by atoms with Crippen molar-refractivity contribution < 1.29 is 0 Å². The van der Waals surface area contributed by atoms with Crippen LogP contribution in [-0.4, -0.2) is 0 Å². The van der Waals surface area contributed by atoms with E-state index in [1.807, 2.05) is 13.0 Å². The first kappa shape index (κ1) is 15.6. The van der Waals surface area contributed by atoms with Crippen molar-refractivity contribution in [2.45, 2.75) is 53.4 Å². The maximum absolute atomic E-state index is 6.01. The molecule has 0 aliphatic heterocycles. The fourth-order valence-electron chi connectivity index (χ4n) is 2.26. The molecule has 1 aliphatic rings. The molecule has 106 valence electrons. The Morgan fingerprint density at radius 1 is 1.37 bits per heavy atom. The Morgan fingerprint density at radius 3 is 2.63 bits per heavy atom.